The van der Waals surface area contributed by atoms with Crippen molar-refractivity contribution in [3.8, 4) is 11.5 Å². The zero-order valence-corrected chi connectivity index (χ0v) is 16.8. The summed E-state index contributed by atoms with van der Waals surface area (Å²) >= 11 is 0. The number of aliphatic carboxylic acids is 1. The highest BCUT2D eigenvalue weighted by atomic mass is 19.4. The summed E-state index contributed by atoms with van der Waals surface area (Å²) in [6.07, 6.45) is -5.51. The van der Waals surface area contributed by atoms with Crippen LogP contribution in [0.25, 0.3) is 0 Å². The molecule has 1 rings (SSSR count). The van der Waals surface area contributed by atoms with E-state index in [2.05, 4.69) is 0 Å². The lowest BCUT2D eigenvalue weighted by Gasteiger charge is -2.31. The number of alkyl halides is 3. The number of amides is 1. The number of ether oxygens (including phenoxy) is 3. The average molecular weight is 421 g/mol. The normalized spacial score (nSPS) is 12.8. The number of halogens is 3. The number of para-hydroxylation sites is 2. The first-order valence-electron chi connectivity index (χ1n) is 8.91. The number of carboxylic acid groups (broad SMARTS) is 1. The third-order valence-corrected chi connectivity index (χ3v) is 3.46. The predicted molar refractivity (Wildman–Crippen MR) is 98.1 cm³/mol. The van der Waals surface area contributed by atoms with Gasteiger partial charge in [0.15, 0.2) is 18.1 Å². The quantitative estimate of drug-likeness (QED) is 0.646. The van der Waals surface area contributed by atoms with Crippen LogP contribution in [0.1, 0.15) is 34.1 Å². The minimum atomic E-state index is -4.49. The van der Waals surface area contributed by atoms with Gasteiger partial charge in [-0.05, 0) is 39.8 Å². The lowest BCUT2D eigenvalue weighted by molar-refractivity contribution is -0.153. The van der Waals surface area contributed by atoms with Gasteiger partial charge < -0.3 is 24.2 Å². The Balaban J connectivity index is 2.79. The van der Waals surface area contributed by atoms with Crippen LogP contribution < -0.4 is 9.47 Å². The molecule has 7 nitrogen and oxygen atoms in total. The third kappa shape index (κ3) is 9.91. The highest BCUT2D eigenvalue weighted by Gasteiger charge is 2.29. The first-order chi connectivity index (χ1) is 13.3. The molecule has 164 valence electrons. The summed E-state index contributed by atoms with van der Waals surface area (Å²) in [5.74, 6) is -1.10. The molecule has 10 heteroatoms. The van der Waals surface area contributed by atoms with E-state index in [1.54, 1.807) is 33.8 Å². The van der Waals surface area contributed by atoms with Gasteiger partial charge in [-0.2, -0.15) is 13.2 Å². The Kier molecular flexibility index (Phi) is 8.59. The molecule has 0 radical (unpaired) electrons. The Morgan fingerprint density at radius 1 is 1.10 bits per heavy atom. The number of benzene rings is 1. The number of carbonyl (C=O) groups is 2. The van der Waals surface area contributed by atoms with Crippen LogP contribution in [0.15, 0.2) is 24.3 Å². The molecular weight excluding hydrogens is 395 g/mol. The number of carboxylic acids is 1. The molecule has 0 bridgehead atoms. The number of carbonyl (C=O) groups excluding carboxylic acids is 1. The first-order valence-corrected chi connectivity index (χ1v) is 8.91. The second-order valence-corrected chi connectivity index (χ2v) is 7.32. The summed E-state index contributed by atoms with van der Waals surface area (Å²) in [6.45, 7) is 4.99. The van der Waals surface area contributed by atoms with Crippen molar-refractivity contribution in [2.45, 2.75) is 51.9 Å². The van der Waals surface area contributed by atoms with E-state index in [0.29, 0.717) is 0 Å². The fraction of sp³-hybridized carbons (Fsp3) is 0.579. The van der Waals surface area contributed by atoms with Crippen molar-refractivity contribution in [3.63, 3.8) is 0 Å². The van der Waals surface area contributed by atoms with Crippen molar-refractivity contribution >= 4 is 12.1 Å². The molecule has 0 unspecified atom stereocenters. The van der Waals surface area contributed by atoms with Crippen LogP contribution in [0.2, 0.25) is 0 Å². The number of hydrogen-bond donors (Lipinski definition) is 1. The first kappa shape index (κ1) is 24.4. The second kappa shape index (κ2) is 10.2. The van der Waals surface area contributed by atoms with Gasteiger partial charge in [-0.15, -0.1) is 0 Å². The van der Waals surface area contributed by atoms with Crippen molar-refractivity contribution in [1.82, 2.24) is 4.90 Å². The van der Waals surface area contributed by atoms with Gasteiger partial charge in [0.25, 0.3) is 0 Å². The largest absolute Gasteiger partial charge is 0.488 e. The lowest BCUT2D eigenvalue weighted by atomic mass is 10.2. The monoisotopic (exact) mass is 421 g/mol. The van der Waals surface area contributed by atoms with Gasteiger partial charge in [0.2, 0.25) is 0 Å². The van der Waals surface area contributed by atoms with Crippen LogP contribution in [-0.2, 0) is 9.53 Å². The summed E-state index contributed by atoms with van der Waals surface area (Å²) in [4.78, 5) is 24.6. The maximum Gasteiger partial charge on any atom is 0.422 e. The topological polar surface area (TPSA) is 85.3 Å². The van der Waals surface area contributed by atoms with Crippen LogP contribution in [-0.4, -0.2) is 59.6 Å². The highest BCUT2D eigenvalue weighted by molar-refractivity contribution is 5.71. The Morgan fingerprint density at radius 3 is 2.14 bits per heavy atom. The molecule has 0 saturated carbocycles. The molecule has 1 amide bonds. The molecule has 0 aliphatic heterocycles. The van der Waals surface area contributed by atoms with E-state index < -0.39 is 36.5 Å². The van der Waals surface area contributed by atoms with E-state index in [1.165, 1.54) is 23.1 Å². The van der Waals surface area contributed by atoms with Crippen LogP contribution >= 0.6 is 0 Å². The fourth-order valence-electron chi connectivity index (χ4n) is 2.28. The molecular formula is C19H26F3NO6. The summed E-state index contributed by atoms with van der Waals surface area (Å²) < 4.78 is 52.6. The van der Waals surface area contributed by atoms with E-state index >= 15 is 0 Å². The maximum atomic E-state index is 12.4. The van der Waals surface area contributed by atoms with Crippen LogP contribution in [0.3, 0.4) is 0 Å². The van der Waals surface area contributed by atoms with Crippen molar-refractivity contribution in [2.75, 3.05) is 19.8 Å². The van der Waals surface area contributed by atoms with Crippen molar-refractivity contribution in [2.24, 2.45) is 0 Å². The Labute approximate surface area is 167 Å². The molecule has 0 aliphatic rings. The smallest absolute Gasteiger partial charge is 0.422 e. The molecule has 1 N–H and O–H groups in total. The minimum Gasteiger partial charge on any atom is -0.488 e. The fourth-order valence-corrected chi connectivity index (χ4v) is 2.28. The van der Waals surface area contributed by atoms with Crippen molar-refractivity contribution < 1.29 is 42.1 Å². The van der Waals surface area contributed by atoms with E-state index in [9.17, 15) is 22.8 Å². The molecule has 0 fully saturated rings. The predicted octanol–water partition coefficient (Wildman–Crippen LogP) is 4.11. The van der Waals surface area contributed by atoms with E-state index in [-0.39, 0.29) is 31.1 Å². The zero-order chi connectivity index (χ0) is 22.2. The molecule has 1 aromatic carbocycles. The molecule has 0 spiro atoms. The summed E-state index contributed by atoms with van der Waals surface area (Å²) in [5, 5.41) is 8.99. The van der Waals surface area contributed by atoms with Crippen molar-refractivity contribution in [3.05, 3.63) is 24.3 Å². The van der Waals surface area contributed by atoms with E-state index in [0.717, 1.165) is 0 Å². The van der Waals surface area contributed by atoms with Crippen LogP contribution in [0, 0.1) is 0 Å². The second-order valence-electron chi connectivity index (χ2n) is 7.32. The summed E-state index contributed by atoms with van der Waals surface area (Å²) in [6, 6.07) is 5.15. The van der Waals surface area contributed by atoms with Gasteiger partial charge in [-0.25, -0.2) is 4.79 Å². The lowest BCUT2D eigenvalue weighted by Crippen LogP contribution is -2.45. The highest BCUT2D eigenvalue weighted by Crippen LogP contribution is 2.28. The van der Waals surface area contributed by atoms with Gasteiger partial charge >= 0.3 is 18.2 Å². The molecule has 0 aliphatic carbocycles. The standard InChI is InChI=1S/C19H26F3NO6/c1-13(11-16(24)25)23(17(26)29-18(2,3)4)9-10-27-14-7-5-6-8-15(14)28-12-19(20,21)22/h5-8,13H,9-12H2,1-4H3,(H,24,25)/t13-/m1/s1. The average Bonchev–Trinajstić information content (AvgIpc) is 2.54. The van der Waals surface area contributed by atoms with Crippen LogP contribution in [0.5, 0.6) is 11.5 Å². The van der Waals surface area contributed by atoms with Crippen LogP contribution in [0.4, 0.5) is 18.0 Å². The molecule has 0 saturated heterocycles. The van der Waals surface area contributed by atoms with Gasteiger partial charge in [-0.1, -0.05) is 12.1 Å². The van der Waals surface area contributed by atoms with Gasteiger partial charge in [0.05, 0.1) is 13.0 Å². The molecule has 0 heterocycles. The third-order valence-electron chi connectivity index (χ3n) is 3.46. The zero-order valence-electron chi connectivity index (χ0n) is 16.8. The molecule has 1 atom stereocenters. The summed E-state index contributed by atoms with van der Waals surface area (Å²) in [5.41, 5.74) is -0.781. The minimum absolute atomic E-state index is 0.0308. The maximum absolute atomic E-state index is 12.4. The van der Waals surface area contributed by atoms with Crippen molar-refractivity contribution in [1.29, 1.82) is 0 Å². The molecule has 0 aromatic heterocycles. The van der Waals surface area contributed by atoms with E-state index in [4.69, 9.17) is 19.3 Å². The van der Waals surface area contributed by atoms with Gasteiger partial charge in [-0.3, -0.25) is 4.79 Å². The van der Waals surface area contributed by atoms with Gasteiger partial charge in [0, 0.05) is 6.04 Å². The number of hydrogen-bond acceptors (Lipinski definition) is 5. The Bertz CT molecular complexity index is 687. The van der Waals surface area contributed by atoms with Gasteiger partial charge in [0.1, 0.15) is 12.2 Å². The van der Waals surface area contributed by atoms with E-state index in [1.807, 2.05) is 0 Å². The molecule has 29 heavy (non-hydrogen) atoms. The Hall–Kier alpha value is -2.65. The number of nitrogens with zero attached hydrogens (tertiary/aromatic N) is 1. The number of rotatable bonds is 9. The summed E-state index contributed by atoms with van der Waals surface area (Å²) in [7, 11) is 0. The Morgan fingerprint density at radius 2 is 1.66 bits per heavy atom. The SMILES string of the molecule is C[C@H](CC(=O)O)N(CCOc1ccccc1OCC(F)(F)F)C(=O)OC(C)(C)C. The molecule has 1 aromatic rings.